The number of alkyl halides is 2. The van der Waals surface area contributed by atoms with E-state index in [-0.39, 0.29) is 16.3 Å². The van der Waals surface area contributed by atoms with Crippen molar-refractivity contribution in [1.29, 1.82) is 0 Å². The van der Waals surface area contributed by atoms with Gasteiger partial charge in [-0.2, -0.15) is 0 Å². The number of hydrogen-bond acceptors (Lipinski definition) is 2. The van der Waals surface area contributed by atoms with Crippen LogP contribution in [0.1, 0.15) is 33.3 Å². The third-order valence-electron chi connectivity index (χ3n) is 8.75. The van der Waals surface area contributed by atoms with Crippen molar-refractivity contribution in [1.82, 2.24) is 0 Å². The molecular weight excluding hydrogens is 766 g/mol. The Hall–Kier alpha value is -3.02. The van der Waals surface area contributed by atoms with Gasteiger partial charge in [0, 0.05) is 22.0 Å². The molecule has 0 radical (unpaired) electrons. The van der Waals surface area contributed by atoms with Crippen molar-refractivity contribution >= 4 is 46.6 Å². The Bertz CT molecular complexity index is 1810. The maximum absolute atomic E-state index is 17.6. The lowest BCUT2D eigenvalue weighted by molar-refractivity contribution is -0.163. The highest BCUT2D eigenvalue weighted by Crippen LogP contribution is 2.58. The molecule has 2 nitrogen and oxygen atoms in total. The molecule has 0 spiro atoms. The smallest absolute Gasteiger partial charge is 0.546 e. The first-order chi connectivity index (χ1) is 24.3. The van der Waals surface area contributed by atoms with Gasteiger partial charge in [-0.3, -0.25) is 0 Å². The molecule has 0 heterocycles. The summed E-state index contributed by atoms with van der Waals surface area (Å²) in [6.45, 7) is 2.20. The highest BCUT2D eigenvalue weighted by molar-refractivity contribution is 6.92. The van der Waals surface area contributed by atoms with E-state index in [9.17, 15) is 26.3 Å². The van der Waals surface area contributed by atoms with Crippen LogP contribution in [0.4, 0.5) is 65.9 Å². The third-order valence-corrected chi connectivity index (χ3v) is 13.7. The summed E-state index contributed by atoms with van der Waals surface area (Å²) < 4.78 is 242. The largest absolute Gasteiger partial charge is 0.643 e. The fraction of sp³-hybridized carbons (Fsp3) is 0.312. The molecule has 0 N–H and O–H groups in total. The van der Waals surface area contributed by atoms with Gasteiger partial charge in [0.15, 0.2) is 64.0 Å². The van der Waals surface area contributed by atoms with Gasteiger partial charge in [0.25, 0.3) is 12.6 Å². The molecule has 3 aromatic rings. The summed E-state index contributed by atoms with van der Waals surface area (Å²) in [4.78, 5) is 0. The van der Waals surface area contributed by atoms with Crippen molar-refractivity contribution < 1.29 is 73.4 Å². The zero-order chi connectivity index (χ0) is 39.2. The molecule has 2 atom stereocenters. The maximum Gasteiger partial charge on any atom is 0.546 e. The summed E-state index contributed by atoms with van der Waals surface area (Å²) in [5, 5.41) is 0.908. The molecule has 52 heavy (non-hydrogen) atoms. The van der Waals surface area contributed by atoms with Gasteiger partial charge >= 0.3 is 29.0 Å². The lowest BCUT2D eigenvalue weighted by atomic mass is 9.34. The van der Waals surface area contributed by atoms with Crippen LogP contribution in [0.25, 0.3) is 0 Å². The normalized spacial score (nSPS) is 19.1. The summed E-state index contributed by atoms with van der Waals surface area (Å²) in [6.07, 6.45) is 0. The fourth-order valence-electron chi connectivity index (χ4n) is 5.81. The second kappa shape index (κ2) is 15.8. The number of halogens is 15. The minimum atomic E-state index is -4.87. The van der Waals surface area contributed by atoms with Crippen molar-refractivity contribution in [2.45, 2.75) is 60.3 Å². The fourth-order valence-corrected chi connectivity index (χ4v) is 8.90. The number of hydrogen-bond donors (Lipinski definition) is 0. The predicted molar refractivity (Wildman–Crippen MR) is 163 cm³/mol. The average Bonchev–Trinajstić information content (AvgIpc) is 3.14. The molecule has 1 aliphatic carbocycles. The van der Waals surface area contributed by atoms with Gasteiger partial charge < -0.3 is 7.58 Å². The van der Waals surface area contributed by atoms with E-state index in [1.807, 2.05) is 0 Å². The molecule has 3 aromatic carbocycles. The summed E-state index contributed by atoms with van der Waals surface area (Å²) in [7, 11) is 0. The van der Waals surface area contributed by atoms with Gasteiger partial charge in [-0.05, 0) is 12.1 Å². The summed E-state index contributed by atoms with van der Waals surface area (Å²) in [5.74, 6) is -44.5. The molecule has 0 saturated carbocycles. The van der Waals surface area contributed by atoms with E-state index >= 15 is 39.5 Å². The van der Waals surface area contributed by atoms with E-state index in [1.165, 1.54) is 13.8 Å². The molecule has 0 aliphatic heterocycles. The molecule has 1 aliphatic rings. The Morgan fingerprint density at radius 1 is 0.519 bits per heavy atom. The standard InChI is InChI=1S/C24H5BF15O2.4C2H5.2Al/c26-10-7(11(27)16(32)19(35)15(10)31)25(8-12(28)17(33)20(36)18(34)13(8)29)9-14(30)22(38)24(40,42)23(39,21(9)37)5-1-3-6(41)4-2-5;4*1-2;;/h1-4,41H;4*1H2,2H3;;/q-1;;;;;2*+1/p-1. The van der Waals surface area contributed by atoms with Crippen LogP contribution in [-0.4, -0.2) is 41.5 Å². The summed E-state index contributed by atoms with van der Waals surface area (Å²) in [6, 6.07) is 3.03. The van der Waals surface area contributed by atoms with Crippen LogP contribution in [0, 0.1) is 58.2 Å². The molecule has 2 unspecified atom stereocenters. The Labute approximate surface area is 296 Å². The van der Waals surface area contributed by atoms with Crippen molar-refractivity contribution in [3.05, 3.63) is 111 Å². The highest BCUT2D eigenvalue weighted by atomic mass is 27.2. The Kier molecular flexibility index (Phi) is 12.6. The molecule has 0 amide bonds. The maximum atomic E-state index is 17.6. The van der Waals surface area contributed by atoms with Crippen LogP contribution in [0.2, 0.25) is 21.1 Å². The average molecular weight is 790 g/mol. The first-order valence-electron chi connectivity index (χ1n) is 15.6. The topological polar surface area (TPSA) is 18.5 Å². The van der Waals surface area contributed by atoms with Crippen molar-refractivity contribution in [2.24, 2.45) is 0 Å². The quantitative estimate of drug-likeness (QED) is 0.0788. The van der Waals surface area contributed by atoms with Gasteiger partial charge in [-0.1, -0.05) is 61.0 Å². The zero-order valence-corrected chi connectivity index (χ0v) is 29.7. The minimum Gasteiger partial charge on any atom is -0.643 e. The molecule has 20 heteroatoms. The molecule has 0 fully saturated rings. The Morgan fingerprint density at radius 2 is 0.885 bits per heavy atom. The summed E-state index contributed by atoms with van der Waals surface area (Å²) >= 11 is -5.10. The first-order valence-corrected chi connectivity index (χ1v) is 19.8. The van der Waals surface area contributed by atoms with E-state index in [1.54, 1.807) is 13.8 Å². The molecule has 4 rings (SSSR count). The minimum absolute atomic E-state index is 0.00392. The molecular formula is C32H24Al2BF15O2. The van der Waals surface area contributed by atoms with E-state index in [0.717, 1.165) is 12.1 Å². The summed E-state index contributed by atoms with van der Waals surface area (Å²) in [5.41, 5.74) is -14.3. The van der Waals surface area contributed by atoms with Crippen LogP contribution in [0.5, 0.6) is 5.75 Å². The van der Waals surface area contributed by atoms with Crippen LogP contribution >= 0.6 is 0 Å². The van der Waals surface area contributed by atoms with E-state index in [4.69, 9.17) is 7.58 Å². The zero-order valence-electron chi connectivity index (χ0n) is 27.4. The number of allylic oxidation sites excluding steroid dienone is 2. The van der Waals surface area contributed by atoms with Gasteiger partial charge in [-0.15, -0.1) is 0 Å². The van der Waals surface area contributed by atoms with E-state index < -0.39 is 145 Å². The van der Waals surface area contributed by atoms with Crippen molar-refractivity contribution in [2.75, 3.05) is 0 Å². The first kappa shape index (κ1) is 41.7. The van der Waals surface area contributed by atoms with Crippen molar-refractivity contribution in [3.8, 4) is 5.75 Å². The van der Waals surface area contributed by atoms with Crippen LogP contribution in [0.3, 0.4) is 0 Å². The molecule has 0 bridgehead atoms. The third kappa shape index (κ3) is 6.57. The van der Waals surface area contributed by atoms with Crippen LogP contribution in [-0.2, 0) is 9.46 Å². The van der Waals surface area contributed by atoms with Gasteiger partial charge in [0.2, 0.25) is 11.5 Å². The predicted octanol–water partition coefficient (Wildman–Crippen LogP) is 9.60. The molecule has 0 saturated heterocycles. The van der Waals surface area contributed by atoms with Crippen molar-refractivity contribution in [3.63, 3.8) is 0 Å². The van der Waals surface area contributed by atoms with Gasteiger partial charge in [-0.25, -0.2) is 65.9 Å². The van der Waals surface area contributed by atoms with E-state index in [0.29, 0.717) is 22.7 Å². The highest BCUT2D eigenvalue weighted by Gasteiger charge is 2.68. The van der Waals surface area contributed by atoms with Gasteiger partial charge in [0.1, 0.15) is 5.83 Å². The number of benzene rings is 3. The Morgan fingerprint density at radius 3 is 1.25 bits per heavy atom. The van der Waals surface area contributed by atoms with E-state index in [2.05, 4.69) is 0 Å². The lowest BCUT2D eigenvalue weighted by Crippen LogP contribution is -2.58. The van der Waals surface area contributed by atoms with Gasteiger partial charge in [0.05, 0.1) is 5.75 Å². The molecule has 278 valence electrons. The second-order valence-electron chi connectivity index (χ2n) is 11.6. The Balaban J connectivity index is 2.23. The van der Waals surface area contributed by atoms with Crippen LogP contribution < -0.4 is 14.7 Å². The molecule has 0 aromatic heterocycles. The van der Waals surface area contributed by atoms with Crippen LogP contribution in [0.15, 0.2) is 47.2 Å². The lowest BCUT2D eigenvalue weighted by Gasteiger charge is -2.43. The second-order valence-corrected chi connectivity index (χ2v) is 17.9. The monoisotopic (exact) mass is 790 g/mol. The number of rotatable bonds is 12. The SMILES string of the molecule is C[CH2][Al]([CH2]C)[O]c1ccc(C2(F)C(F)=C(B(c3c(F)c(F)c(F)c(F)c3F)c3c(F)c(F)c(F)c(F)c3F)C(F)=C(F)C2(F)[O][Al]([CH2]C)[CH2]C)cc1.